The molecule has 2 rings (SSSR count). The Balaban J connectivity index is 2.45. The molecule has 0 spiro atoms. The van der Waals surface area contributed by atoms with Gasteiger partial charge in [0.1, 0.15) is 0 Å². The molecule has 0 saturated heterocycles. The Morgan fingerprint density at radius 3 is 2.50 bits per heavy atom. The SMILES string of the molecule is Pc1cnn(-c2ccccc2)c1. The minimum absolute atomic E-state index is 1.09. The summed E-state index contributed by atoms with van der Waals surface area (Å²) in [6.07, 6.45) is 3.79. The third-order valence-electron chi connectivity index (χ3n) is 1.62. The van der Waals surface area contributed by atoms with Crippen LogP contribution in [0.2, 0.25) is 0 Å². The summed E-state index contributed by atoms with van der Waals surface area (Å²) < 4.78 is 1.85. The van der Waals surface area contributed by atoms with Crippen molar-refractivity contribution in [3.05, 3.63) is 42.7 Å². The van der Waals surface area contributed by atoms with Gasteiger partial charge in [-0.15, -0.1) is 9.24 Å². The fourth-order valence-electron chi connectivity index (χ4n) is 1.06. The molecule has 0 amide bonds. The lowest BCUT2D eigenvalue weighted by Gasteiger charge is -1.98. The second kappa shape index (κ2) is 3.08. The maximum atomic E-state index is 4.18. The van der Waals surface area contributed by atoms with E-state index >= 15 is 0 Å². The van der Waals surface area contributed by atoms with Gasteiger partial charge in [-0.2, -0.15) is 5.10 Å². The van der Waals surface area contributed by atoms with Crippen molar-refractivity contribution in [1.29, 1.82) is 0 Å². The summed E-state index contributed by atoms with van der Waals surface area (Å²) in [7, 11) is 2.62. The summed E-state index contributed by atoms with van der Waals surface area (Å²) >= 11 is 0. The van der Waals surface area contributed by atoms with Crippen molar-refractivity contribution in [3.63, 3.8) is 0 Å². The maximum Gasteiger partial charge on any atom is 0.0645 e. The Labute approximate surface area is 73.4 Å². The lowest BCUT2D eigenvalue weighted by molar-refractivity contribution is 0.881. The topological polar surface area (TPSA) is 17.8 Å². The third-order valence-corrected chi connectivity index (χ3v) is 1.92. The van der Waals surface area contributed by atoms with Gasteiger partial charge in [0.25, 0.3) is 0 Å². The van der Waals surface area contributed by atoms with Crippen LogP contribution in [0.1, 0.15) is 0 Å². The molecule has 60 valence electrons. The van der Waals surface area contributed by atoms with Crippen LogP contribution in [0.4, 0.5) is 0 Å². The molecule has 0 N–H and O–H groups in total. The molecule has 12 heavy (non-hydrogen) atoms. The zero-order chi connectivity index (χ0) is 8.39. The highest BCUT2D eigenvalue weighted by Crippen LogP contribution is 2.03. The number of aromatic nitrogens is 2. The summed E-state index contributed by atoms with van der Waals surface area (Å²) in [6, 6.07) is 10.0. The molecule has 0 saturated carbocycles. The third kappa shape index (κ3) is 1.39. The Hall–Kier alpha value is -1.14. The minimum Gasteiger partial charge on any atom is -0.240 e. The van der Waals surface area contributed by atoms with Crippen molar-refractivity contribution in [2.75, 3.05) is 0 Å². The van der Waals surface area contributed by atoms with Gasteiger partial charge in [-0.3, -0.25) is 0 Å². The van der Waals surface area contributed by atoms with E-state index in [2.05, 4.69) is 14.3 Å². The Morgan fingerprint density at radius 2 is 1.92 bits per heavy atom. The highest BCUT2D eigenvalue weighted by molar-refractivity contribution is 7.27. The van der Waals surface area contributed by atoms with E-state index in [1.807, 2.05) is 47.4 Å². The first-order valence-electron chi connectivity index (χ1n) is 3.72. The fraction of sp³-hybridized carbons (Fsp3) is 0. The molecular weight excluding hydrogens is 167 g/mol. The van der Waals surface area contributed by atoms with Gasteiger partial charge in [0.2, 0.25) is 0 Å². The molecule has 0 aliphatic carbocycles. The molecule has 0 bridgehead atoms. The van der Waals surface area contributed by atoms with Crippen LogP contribution < -0.4 is 5.30 Å². The average Bonchev–Trinajstić information content (AvgIpc) is 2.54. The lowest BCUT2D eigenvalue weighted by atomic mass is 10.3. The van der Waals surface area contributed by atoms with Crippen LogP contribution in [-0.2, 0) is 0 Å². The van der Waals surface area contributed by atoms with E-state index in [0.717, 1.165) is 11.0 Å². The van der Waals surface area contributed by atoms with Crippen LogP contribution in [0.15, 0.2) is 42.7 Å². The molecule has 1 heterocycles. The fourth-order valence-corrected chi connectivity index (χ4v) is 1.27. The summed E-state index contributed by atoms with van der Waals surface area (Å²) in [6.45, 7) is 0. The van der Waals surface area contributed by atoms with Crippen LogP contribution in [0, 0.1) is 0 Å². The van der Waals surface area contributed by atoms with Crippen molar-refractivity contribution in [2.45, 2.75) is 0 Å². The second-order valence-corrected chi connectivity index (χ2v) is 3.22. The van der Waals surface area contributed by atoms with E-state index in [9.17, 15) is 0 Å². The van der Waals surface area contributed by atoms with E-state index in [1.165, 1.54) is 0 Å². The van der Waals surface area contributed by atoms with E-state index in [-0.39, 0.29) is 0 Å². The van der Waals surface area contributed by atoms with Gasteiger partial charge in [-0.05, 0) is 12.1 Å². The number of hydrogen-bond acceptors (Lipinski definition) is 1. The van der Waals surface area contributed by atoms with E-state index in [4.69, 9.17) is 0 Å². The first-order chi connectivity index (χ1) is 5.86. The number of rotatable bonds is 1. The molecule has 2 nitrogen and oxygen atoms in total. The number of nitrogens with zero attached hydrogens (tertiary/aromatic N) is 2. The molecule has 0 radical (unpaired) electrons. The predicted molar refractivity (Wildman–Crippen MR) is 52.9 cm³/mol. The normalized spacial score (nSPS) is 10.1. The van der Waals surface area contributed by atoms with Crippen LogP contribution >= 0.6 is 9.24 Å². The van der Waals surface area contributed by atoms with Gasteiger partial charge < -0.3 is 0 Å². The molecule has 3 heteroatoms. The Bertz CT molecular complexity index is 367. The number of hydrogen-bond donors (Lipinski definition) is 0. The molecular formula is C9H9N2P. The molecule has 2 aromatic rings. The molecule has 0 aliphatic rings. The van der Waals surface area contributed by atoms with Crippen LogP contribution in [0.5, 0.6) is 0 Å². The second-order valence-electron chi connectivity index (χ2n) is 2.55. The van der Waals surface area contributed by atoms with E-state index in [1.54, 1.807) is 0 Å². The predicted octanol–water partition coefficient (Wildman–Crippen LogP) is 1.37. The van der Waals surface area contributed by atoms with Gasteiger partial charge in [0.05, 0.1) is 11.9 Å². The summed E-state index contributed by atoms with van der Waals surface area (Å²) in [5.41, 5.74) is 1.09. The monoisotopic (exact) mass is 176 g/mol. The van der Waals surface area contributed by atoms with Crippen molar-refractivity contribution in [3.8, 4) is 5.69 Å². The van der Waals surface area contributed by atoms with Gasteiger partial charge in [-0.1, -0.05) is 18.2 Å². The molecule has 1 aromatic heterocycles. The number of benzene rings is 1. The van der Waals surface area contributed by atoms with Gasteiger partial charge in [0, 0.05) is 11.5 Å². The zero-order valence-corrected chi connectivity index (χ0v) is 7.67. The molecule has 0 aliphatic heterocycles. The van der Waals surface area contributed by atoms with Crippen molar-refractivity contribution < 1.29 is 0 Å². The molecule has 1 unspecified atom stereocenters. The van der Waals surface area contributed by atoms with Crippen LogP contribution in [0.3, 0.4) is 0 Å². The first kappa shape index (κ1) is 7.51. The maximum absolute atomic E-state index is 4.18. The van der Waals surface area contributed by atoms with Crippen molar-refractivity contribution >= 4 is 14.5 Å². The largest absolute Gasteiger partial charge is 0.240 e. The van der Waals surface area contributed by atoms with Gasteiger partial charge in [0.15, 0.2) is 0 Å². The highest BCUT2D eigenvalue weighted by Gasteiger charge is 1.94. The molecule has 1 atom stereocenters. The standard InChI is InChI=1S/C9H9N2P/c12-9-6-10-11(7-9)8-4-2-1-3-5-8/h1-7H,12H2. The van der Waals surface area contributed by atoms with Gasteiger partial charge in [-0.25, -0.2) is 4.68 Å². The summed E-state index contributed by atoms with van der Waals surface area (Å²) in [4.78, 5) is 0. The number of para-hydroxylation sites is 1. The first-order valence-corrected chi connectivity index (χ1v) is 4.29. The van der Waals surface area contributed by atoms with Crippen molar-refractivity contribution in [2.24, 2.45) is 0 Å². The van der Waals surface area contributed by atoms with E-state index in [0.29, 0.717) is 0 Å². The van der Waals surface area contributed by atoms with Crippen LogP contribution in [-0.4, -0.2) is 9.78 Å². The quantitative estimate of drug-likeness (QED) is 0.600. The van der Waals surface area contributed by atoms with E-state index < -0.39 is 0 Å². The lowest BCUT2D eigenvalue weighted by Crippen LogP contribution is -1.93. The van der Waals surface area contributed by atoms with Crippen LogP contribution in [0.25, 0.3) is 5.69 Å². The molecule has 0 fully saturated rings. The van der Waals surface area contributed by atoms with Crippen molar-refractivity contribution in [1.82, 2.24) is 9.78 Å². The Kier molecular flexibility index (Phi) is 1.92. The summed E-state index contributed by atoms with van der Waals surface area (Å²) in [5.74, 6) is 0. The smallest absolute Gasteiger partial charge is 0.0645 e. The minimum atomic E-state index is 1.09. The summed E-state index contributed by atoms with van der Waals surface area (Å²) in [5, 5.41) is 5.28. The zero-order valence-electron chi connectivity index (χ0n) is 6.51. The average molecular weight is 176 g/mol. The highest BCUT2D eigenvalue weighted by atomic mass is 31.0. The molecule has 1 aromatic carbocycles. The van der Waals surface area contributed by atoms with Gasteiger partial charge >= 0.3 is 0 Å². The Morgan fingerprint density at radius 1 is 1.17 bits per heavy atom.